The summed E-state index contributed by atoms with van der Waals surface area (Å²) in [6, 6.07) is 11.9. The molecule has 0 saturated carbocycles. The van der Waals surface area contributed by atoms with Crippen molar-refractivity contribution in [3.8, 4) is 22.6 Å². The van der Waals surface area contributed by atoms with Crippen molar-refractivity contribution in [2.75, 3.05) is 0 Å². The summed E-state index contributed by atoms with van der Waals surface area (Å²) in [7, 11) is 0. The molecule has 8 heteroatoms. The molecule has 4 aromatic rings. The lowest BCUT2D eigenvalue weighted by molar-refractivity contribution is 0.380. The number of hydrogen-bond acceptors (Lipinski definition) is 5. The van der Waals surface area contributed by atoms with Crippen LogP contribution in [0.15, 0.2) is 53.6 Å². The van der Waals surface area contributed by atoms with Crippen LogP contribution in [0.25, 0.3) is 22.6 Å². The Kier molecular flexibility index (Phi) is 5.54. The average Bonchev–Trinajstić information content (AvgIpc) is 3.39. The van der Waals surface area contributed by atoms with Gasteiger partial charge in [0.25, 0.3) is 0 Å². The molecule has 8 nitrogen and oxygen atoms in total. The topological polar surface area (TPSA) is 94.3 Å². The van der Waals surface area contributed by atoms with Gasteiger partial charge in [-0.15, -0.1) is 5.10 Å². The van der Waals surface area contributed by atoms with Crippen LogP contribution in [0.1, 0.15) is 45.4 Å². The number of H-pyrrole nitrogens is 1. The Balaban J connectivity index is 1.66. The van der Waals surface area contributed by atoms with Crippen molar-refractivity contribution < 1.29 is 0 Å². The normalized spacial score (nSPS) is 11.7. The number of nitrogens with one attached hydrogen (secondary N) is 1. The Labute approximate surface area is 181 Å². The van der Waals surface area contributed by atoms with Gasteiger partial charge in [0.1, 0.15) is 0 Å². The van der Waals surface area contributed by atoms with E-state index in [0.717, 1.165) is 40.9 Å². The van der Waals surface area contributed by atoms with E-state index in [4.69, 9.17) is 0 Å². The van der Waals surface area contributed by atoms with Crippen molar-refractivity contribution in [3.63, 3.8) is 0 Å². The van der Waals surface area contributed by atoms with E-state index in [1.54, 1.807) is 0 Å². The number of aryl methyl sites for hydroxylation is 1. The smallest absolute Gasteiger partial charge is 0.294 e. The van der Waals surface area contributed by atoms with Gasteiger partial charge >= 0.3 is 5.69 Å². The van der Waals surface area contributed by atoms with E-state index in [9.17, 15) is 4.79 Å². The number of rotatable bonds is 6. The number of nitrogens with zero attached hydrogens (tertiary/aromatic N) is 6. The maximum atomic E-state index is 13.1. The van der Waals surface area contributed by atoms with Crippen LogP contribution in [0.2, 0.25) is 0 Å². The minimum Gasteiger partial charge on any atom is -0.294 e. The molecule has 0 aliphatic carbocycles. The summed E-state index contributed by atoms with van der Waals surface area (Å²) in [4.78, 5) is 17.7. The highest BCUT2D eigenvalue weighted by molar-refractivity contribution is 5.78. The quantitative estimate of drug-likeness (QED) is 0.517. The van der Waals surface area contributed by atoms with E-state index in [2.05, 4.69) is 32.5 Å². The largest absolute Gasteiger partial charge is 0.329 e. The van der Waals surface area contributed by atoms with E-state index in [1.165, 1.54) is 0 Å². The van der Waals surface area contributed by atoms with E-state index >= 15 is 0 Å². The molecule has 0 aliphatic rings. The first-order chi connectivity index (χ1) is 14.9. The lowest BCUT2D eigenvalue weighted by Crippen LogP contribution is -2.34. The van der Waals surface area contributed by atoms with Crippen LogP contribution in [0.3, 0.4) is 0 Å². The summed E-state index contributed by atoms with van der Waals surface area (Å²) >= 11 is 0. The zero-order chi connectivity index (χ0) is 22.0. The number of hydrogen-bond donors (Lipinski definition) is 1. The van der Waals surface area contributed by atoms with Gasteiger partial charge in [-0.3, -0.25) is 14.1 Å². The number of benzene rings is 1. The van der Waals surface area contributed by atoms with E-state index in [-0.39, 0.29) is 11.2 Å². The molecule has 0 fully saturated rings. The number of pyridine rings is 1. The molecule has 0 atom stereocenters. The number of imidazole rings is 1. The van der Waals surface area contributed by atoms with Crippen LogP contribution in [-0.4, -0.2) is 34.7 Å². The summed E-state index contributed by atoms with van der Waals surface area (Å²) in [5, 5.41) is 14.2. The maximum absolute atomic E-state index is 13.1. The van der Waals surface area contributed by atoms with Crippen LogP contribution in [0, 0.1) is 0 Å². The van der Waals surface area contributed by atoms with Crippen molar-refractivity contribution in [2.45, 2.75) is 52.6 Å². The SMILES string of the molecule is CCCc1cn(C(C)(C)C)c(=O)n1Cc1ccc(-c2ccccc2-c2nnn[nH]2)nc1. The van der Waals surface area contributed by atoms with Crippen LogP contribution in [-0.2, 0) is 18.5 Å². The molecule has 1 N–H and O–H groups in total. The van der Waals surface area contributed by atoms with Crippen LogP contribution >= 0.6 is 0 Å². The van der Waals surface area contributed by atoms with Crippen molar-refractivity contribution in [1.29, 1.82) is 0 Å². The molecule has 4 rings (SSSR count). The van der Waals surface area contributed by atoms with E-state index in [1.807, 2.05) is 78.7 Å². The van der Waals surface area contributed by atoms with Gasteiger partial charge in [-0.1, -0.05) is 43.7 Å². The van der Waals surface area contributed by atoms with E-state index < -0.39 is 0 Å². The van der Waals surface area contributed by atoms with Gasteiger partial charge in [0.2, 0.25) is 0 Å². The number of aromatic nitrogens is 7. The highest BCUT2D eigenvalue weighted by Gasteiger charge is 2.20. The summed E-state index contributed by atoms with van der Waals surface area (Å²) in [5.41, 5.74) is 4.44. The number of tetrazole rings is 1. The van der Waals surface area contributed by atoms with Gasteiger partial charge in [0.15, 0.2) is 5.82 Å². The average molecular weight is 418 g/mol. The maximum Gasteiger partial charge on any atom is 0.329 e. The first kappa shape index (κ1) is 20.7. The fourth-order valence-electron chi connectivity index (χ4n) is 3.68. The molecule has 0 aliphatic heterocycles. The summed E-state index contributed by atoms with van der Waals surface area (Å²) < 4.78 is 3.68. The fraction of sp³-hybridized carbons (Fsp3) is 0.348. The lowest BCUT2D eigenvalue weighted by atomic mass is 10.0. The zero-order valence-corrected chi connectivity index (χ0v) is 18.3. The van der Waals surface area contributed by atoms with Crippen molar-refractivity contribution in [1.82, 2.24) is 34.7 Å². The molecular weight excluding hydrogens is 390 g/mol. The van der Waals surface area contributed by atoms with Crippen molar-refractivity contribution in [3.05, 3.63) is 70.5 Å². The van der Waals surface area contributed by atoms with Gasteiger partial charge in [-0.25, -0.2) is 9.89 Å². The zero-order valence-electron chi connectivity index (χ0n) is 18.3. The lowest BCUT2D eigenvalue weighted by Gasteiger charge is -2.19. The third kappa shape index (κ3) is 4.19. The molecule has 0 unspecified atom stereocenters. The standard InChI is InChI=1S/C23H27N7O/c1-5-8-17-15-30(23(2,3)4)22(31)29(17)14-16-11-12-20(24-13-16)18-9-6-7-10-19(18)21-25-27-28-26-21/h6-7,9-13,15H,5,8,14H2,1-4H3,(H,25,26,27,28). The minimum absolute atomic E-state index is 0.0168. The van der Waals surface area contributed by atoms with Crippen molar-refractivity contribution in [2.24, 2.45) is 0 Å². The van der Waals surface area contributed by atoms with Crippen LogP contribution < -0.4 is 5.69 Å². The summed E-state index contributed by atoms with van der Waals surface area (Å²) in [6.07, 6.45) is 5.68. The Bertz CT molecular complexity index is 1210. The van der Waals surface area contributed by atoms with Gasteiger partial charge in [0, 0.05) is 34.8 Å². The first-order valence-electron chi connectivity index (χ1n) is 10.5. The molecule has 3 heterocycles. The number of aromatic amines is 1. The third-order valence-electron chi connectivity index (χ3n) is 5.26. The highest BCUT2D eigenvalue weighted by atomic mass is 16.1. The van der Waals surface area contributed by atoms with E-state index in [0.29, 0.717) is 12.4 Å². The molecule has 0 spiro atoms. The molecule has 160 valence electrons. The molecule has 1 aromatic carbocycles. The molecule has 31 heavy (non-hydrogen) atoms. The van der Waals surface area contributed by atoms with Gasteiger partial charge in [0.05, 0.1) is 12.2 Å². The molecule has 0 amide bonds. The van der Waals surface area contributed by atoms with Crippen LogP contribution in [0.4, 0.5) is 0 Å². The molecule has 0 radical (unpaired) electrons. The highest BCUT2D eigenvalue weighted by Crippen LogP contribution is 2.28. The summed E-state index contributed by atoms with van der Waals surface area (Å²) in [5.74, 6) is 0.598. The fourth-order valence-corrected chi connectivity index (χ4v) is 3.68. The summed E-state index contributed by atoms with van der Waals surface area (Å²) in [6.45, 7) is 8.77. The third-order valence-corrected chi connectivity index (χ3v) is 5.26. The Morgan fingerprint density at radius 3 is 2.45 bits per heavy atom. The van der Waals surface area contributed by atoms with Gasteiger partial charge in [-0.05, 0) is 49.2 Å². The Hall–Kier alpha value is -3.55. The second-order valence-corrected chi connectivity index (χ2v) is 8.63. The predicted molar refractivity (Wildman–Crippen MR) is 120 cm³/mol. The molecule has 3 aromatic heterocycles. The minimum atomic E-state index is -0.258. The predicted octanol–water partition coefficient (Wildman–Crippen LogP) is 3.65. The Morgan fingerprint density at radius 2 is 1.84 bits per heavy atom. The second-order valence-electron chi connectivity index (χ2n) is 8.63. The van der Waals surface area contributed by atoms with Crippen LogP contribution in [0.5, 0.6) is 0 Å². The second kappa shape index (κ2) is 8.29. The first-order valence-corrected chi connectivity index (χ1v) is 10.5. The Morgan fingerprint density at radius 1 is 1.06 bits per heavy atom. The molecule has 0 saturated heterocycles. The van der Waals surface area contributed by atoms with Gasteiger partial charge < -0.3 is 0 Å². The van der Waals surface area contributed by atoms with Crippen molar-refractivity contribution >= 4 is 0 Å². The molecule has 0 bridgehead atoms. The molecular formula is C23H27N7O. The van der Waals surface area contributed by atoms with Gasteiger partial charge in [-0.2, -0.15) is 0 Å². The monoisotopic (exact) mass is 417 g/mol.